The molecule has 3 heteroatoms. The summed E-state index contributed by atoms with van der Waals surface area (Å²) in [4.78, 5) is 0. The summed E-state index contributed by atoms with van der Waals surface area (Å²) >= 11 is 3.50. The Bertz CT molecular complexity index is 363. The maximum absolute atomic E-state index is 5.64. The molecule has 0 bridgehead atoms. The molecule has 1 aromatic rings. The highest BCUT2D eigenvalue weighted by molar-refractivity contribution is 9.10. The molecule has 0 saturated carbocycles. The first-order valence-corrected chi connectivity index (χ1v) is 6.18. The smallest absolute Gasteiger partial charge is 0.133 e. The van der Waals surface area contributed by atoms with Crippen LogP contribution in [0.2, 0.25) is 0 Å². The summed E-state index contributed by atoms with van der Waals surface area (Å²) in [5.74, 6) is 0.877. The zero-order chi connectivity index (χ0) is 12.0. The lowest BCUT2D eigenvalue weighted by Gasteiger charge is -2.09. The zero-order valence-electron chi connectivity index (χ0n) is 9.63. The van der Waals surface area contributed by atoms with Crippen LogP contribution in [-0.4, -0.2) is 13.2 Å². The Morgan fingerprint density at radius 2 is 2.25 bits per heavy atom. The monoisotopic (exact) mass is 283 g/mol. The number of ether oxygens (including phenoxy) is 1. The normalized spacial score (nSPS) is 10.2. The van der Waals surface area contributed by atoms with Gasteiger partial charge in [0, 0.05) is 6.42 Å². The highest BCUT2D eigenvalue weighted by atomic mass is 79.9. The van der Waals surface area contributed by atoms with Crippen LogP contribution in [0.1, 0.15) is 18.9 Å². The van der Waals surface area contributed by atoms with Crippen molar-refractivity contribution in [1.29, 1.82) is 0 Å². The van der Waals surface area contributed by atoms with Crippen LogP contribution in [-0.2, 0) is 6.42 Å². The third-order valence-electron chi connectivity index (χ3n) is 2.22. The van der Waals surface area contributed by atoms with Crippen LogP contribution in [0.15, 0.2) is 34.8 Å². The van der Waals surface area contributed by atoms with Gasteiger partial charge in [0.25, 0.3) is 0 Å². The molecule has 2 nitrogen and oxygen atoms in total. The van der Waals surface area contributed by atoms with Crippen molar-refractivity contribution in [2.75, 3.05) is 13.2 Å². The Labute approximate surface area is 106 Å². The molecule has 0 radical (unpaired) electrons. The Kier molecular flexibility index (Phi) is 5.56. The van der Waals surface area contributed by atoms with Crippen LogP contribution < -0.4 is 10.5 Å². The van der Waals surface area contributed by atoms with Crippen LogP contribution in [0.4, 0.5) is 0 Å². The Morgan fingerprint density at radius 1 is 1.50 bits per heavy atom. The molecule has 0 aliphatic rings. The summed E-state index contributed by atoms with van der Waals surface area (Å²) in [6, 6.07) is 6.09. The van der Waals surface area contributed by atoms with Crippen molar-refractivity contribution in [3.05, 3.63) is 40.4 Å². The van der Waals surface area contributed by atoms with Crippen LogP contribution in [0.25, 0.3) is 0 Å². The molecular weight excluding hydrogens is 266 g/mol. The van der Waals surface area contributed by atoms with Gasteiger partial charge in [0.2, 0.25) is 0 Å². The SMILES string of the molecule is C=C(C)CCOc1ccc(CCN)cc1Br. The van der Waals surface area contributed by atoms with E-state index in [9.17, 15) is 0 Å². The average molecular weight is 284 g/mol. The summed E-state index contributed by atoms with van der Waals surface area (Å²) in [6.07, 6.45) is 1.78. The topological polar surface area (TPSA) is 35.2 Å². The van der Waals surface area contributed by atoms with Crippen molar-refractivity contribution >= 4 is 15.9 Å². The Balaban J connectivity index is 2.57. The first-order chi connectivity index (χ1) is 7.63. The van der Waals surface area contributed by atoms with Gasteiger partial charge >= 0.3 is 0 Å². The van der Waals surface area contributed by atoms with Gasteiger partial charge in [-0.3, -0.25) is 0 Å². The predicted octanol–water partition coefficient (Wildman–Crippen LogP) is 3.30. The molecule has 1 rings (SSSR count). The predicted molar refractivity (Wildman–Crippen MR) is 71.8 cm³/mol. The fourth-order valence-electron chi connectivity index (χ4n) is 1.32. The van der Waals surface area contributed by atoms with E-state index in [4.69, 9.17) is 10.5 Å². The van der Waals surface area contributed by atoms with Crippen molar-refractivity contribution < 1.29 is 4.74 Å². The lowest BCUT2D eigenvalue weighted by Crippen LogP contribution is -2.03. The van der Waals surface area contributed by atoms with E-state index in [2.05, 4.69) is 28.6 Å². The molecule has 0 aliphatic heterocycles. The van der Waals surface area contributed by atoms with E-state index in [0.29, 0.717) is 13.2 Å². The number of halogens is 1. The lowest BCUT2D eigenvalue weighted by atomic mass is 10.1. The highest BCUT2D eigenvalue weighted by Crippen LogP contribution is 2.26. The fourth-order valence-corrected chi connectivity index (χ4v) is 1.86. The van der Waals surface area contributed by atoms with E-state index in [1.54, 1.807) is 0 Å². The van der Waals surface area contributed by atoms with Crippen molar-refractivity contribution in [3.63, 3.8) is 0 Å². The quantitative estimate of drug-likeness (QED) is 0.813. The van der Waals surface area contributed by atoms with Crippen molar-refractivity contribution in [2.45, 2.75) is 19.8 Å². The molecule has 1 aromatic carbocycles. The largest absolute Gasteiger partial charge is 0.492 e. The molecule has 0 amide bonds. The van der Waals surface area contributed by atoms with Gasteiger partial charge in [0.1, 0.15) is 5.75 Å². The van der Waals surface area contributed by atoms with Crippen LogP contribution in [0.3, 0.4) is 0 Å². The van der Waals surface area contributed by atoms with Gasteiger partial charge in [-0.1, -0.05) is 11.6 Å². The van der Waals surface area contributed by atoms with E-state index < -0.39 is 0 Å². The first kappa shape index (κ1) is 13.3. The average Bonchev–Trinajstić information content (AvgIpc) is 2.21. The number of hydrogen-bond acceptors (Lipinski definition) is 2. The number of rotatable bonds is 6. The van der Waals surface area contributed by atoms with Crippen molar-refractivity contribution in [1.82, 2.24) is 0 Å². The van der Waals surface area contributed by atoms with Gasteiger partial charge < -0.3 is 10.5 Å². The summed E-state index contributed by atoms with van der Waals surface area (Å²) in [6.45, 7) is 7.18. The molecule has 0 fully saturated rings. The van der Waals surface area contributed by atoms with E-state index in [-0.39, 0.29) is 0 Å². The molecule has 2 N–H and O–H groups in total. The maximum atomic E-state index is 5.64. The van der Waals surface area contributed by atoms with Gasteiger partial charge in [-0.05, 0) is 53.5 Å². The third kappa shape index (κ3) is 4.37. The fraction of sp³-hybridized carbons (Fsp3) is 0.385. The van der Waals surface area contributed by atoms with Crippen molar-refractivity contribution in [3.8, 4) is 5.75 Å². The van der Waals surface area contributed by atoms with E-state index in [0.717, 1.165) is 28.6 Å². The molecule has 0 unspecified atom stereocenters. The molecule has 0 aliphatic carbocycles. The molecule has 0 heterocycles. The minimum Gasteiger partial charge on any atom is -0.492 e. The van der Waals surface area contributed by atoms with Crippen molar-refractivity contribution in [2.24, 2.45) is 5.73 Å². The summed E-state index contributed by atoms with van der Waals surface area (Å²) in [5.41, 5.74) is 7.86. The summed E-state index contributed by atoms with van der Waals surface area (Å²) < 4.78 is 6.63. The highest BCUT2D eigenvalue weighted by Gasteiger charge is 2.02. The maximum Gasteiger partial charge on any atom is 0.133 e. The van der Waals surface area contributed by atoms with Crippen LogP contribution in [0.5, 0.6) is 5.75 Å². The van der Waals surface area contributed by atoms with E-state index in [1.807, 2.05) is 19.1 Å². The third-order valence-corrected chi connectivity index (χ3v) is 2.84. The molecule has 0 aromatic heterocycles. The molecule has 16 heavy (non-hydrogen) atoms. The number of nitrogens with two attached hydrogens (primary N) is 1. The van der Waals surface area contributed by atoms with Gasteiger partial charge in [-0.2, -0.15) is 0 Å². The number of benzene rings is 1. The minimum absolute atomic E-state index is 0.669. The summed E-state index contributed by atoms with van der Waals surface area (Å²) in [7, 11) is 0. The first-order valence-electron chi connectivity index (χ1n) is 5.39. The van der Waals surface area contributed by atoms with Gasteiger partial charge in [-0.15, -0.1) is 6.58 Å². The lowest BCUT2D eigenvalue weighted by molar-refractivity contribution is 0.319. The second kappa shape index (κ2) is 6.71. The minimum atomic E-state index is 0.669. The van der Waals surface area contributed by atoms with E-state index >= 15 is 0 Å². The van der Waals surface area contributed by atoms with Gasteiger partial charge in [-0.25, -0.2) is 0 Å². The number of hydrogen-bond donors (Lipinski definition) is 1. The van der Waals surface area contributed by atoms with Crippen LogP contribution >= 0.6 is 15.9 Å². The standard InChI is InChI=1S/C13H18BrNO/c1-10(2)6-8-16-13-4-3-11(5-7-15)9-12(13)14/h3-4,9H,1,5-8,15H2,2H3. The van der Waals surface area contributed by atoms with Gasteiger partial charge in [0.05, 0.1) is 11.1 Å². The summed E-state index contributed by atoms with van der Waals surface area (Å²) in [5, 5.41) is 0. The molecule has 88 valence electrons. The Morgan fingerprint density at radius 3 is 2.81 bits per heavy atom. The zero-order valence-corrected chi connectivity index (χ0v) is 11.2. The molecule has 0 atom stereocenters. The Hall–Kier alpha value is -0.800. The van der Waals surface area contributed by atoms with Crippen LogP contribution in [0, 0.1) is 0 Å². The molecule has 0 saturated heterocycles. The van der Waals surface area contributed by atoms with E-state index in [1.165, 1.54) is 5.56 Å². The molecule has 0 spiro atoms. The van der Waals surface area contributed by atoms with Gasteiger partial charge in [0.15, 0.2) is 0 Å². The molecular formula is C13H18BrNO. The second-order valence-corrected chi connectivity index (χ2v) is 4.71. The second-order valence-electron chi connectivity index (χ2n) is 3.86.